The summed E-state index contributed by atoms with van der Waals surface area (Å²) in [4.78, 5) is 14.6. The van der Waals surface area contributed by atoms with Crippen molar-refractivity contribution in [3.63, 3.8) is 0 Å². The molecular formula is C18H15N5O4. The van der Waals surface area contributed by atoms with Crippen molar-refractivity contribution in [1.29, 1.82) is 0 Å². The van der Waals surface area contributed by atoms with E-state index in [4.69, 9.17) is 8.94 Å². The molecule has 0 atom stereocenters. The molecule has 0 radical (unpaired) electrons. The highest BCUT2D eigenvalue weighted by Crippen LogP contribution is 2.25. The molecule has 3 heterocycles. The van der Waals surface area contributed by atoms with Gasteiger partial charge in [0.05, 0.1) is 17.2 Å². The summed E-state index contributed by atoms with van der Waals surface area (Å²) >= 11 is 0. The number of nitro groups is 1. The Hall–Kier alpha value is -3.75. The molecular weight excluding hydrogens is 350 g/mol. The summed E-state index contributed by atoms with van der Waals surface area (Å²) in [7, 11) is 0. The van der Waals surface area contributed by atoms with Crippen molar-refractivity contribution in [3.05, 3.63) is 69.7 Å². The van der Waals surface area contributed by atoms with Crippen LogP contribution >= 0.6 is 0 Å². The van der Waals surface area contributed by atoms with Gasteiger partial charge in [-0.2, -0.15) is 10.1 Å². The summed E-state index contributed by atoms with van der Waals surface area (Å²) in [6.07, 6.45) is 0. The minimum atomic E-state index is -0.460. The lowest BCUT2D eigenvalue weighted by Gasteiger charge is -2.00. The highest BCUT2D eigenvalue weighted by Gasteiger charge is 2.16. The first-order valence-corrected chi connectivity index (χ1v) is 8.18. The normalized spacial score (nSPS) is 11.0. The molecule has 9 heteroatoms. The predicted octanol–water partition coefficient (Wildman–Crippen LogP) is 3.77. The Balaban J connectivity index is 1.54. The number of benzene rings is 1. The molecule has 0 saturated heterocycles. The van der Waals surface area contributed by atoms with Gasteiger partial charge in [-0.1, -0.05) is 5.16 Å². The van der Waals surface area contributed by atoms with Crippen LogP contribution in [0.5, 0.6) is 0 Å². The van der Waals surface area contributed by atoms with Crippen LogP contribution < -0.4 is 0 Å². The second kappa shape index (κ2) is 6.52. The Morgan fingerprint density at radius 3 is 2.59 bits per heavy atom. The van der Waals surface area contributed by atoms with E-state index in [0.717, 1.165) is 11.4 Å². The first kappa shape index (κ1) is 16.7. The van der Waals surface area contributed by atoms with Gasteiger partial charge in [0.2, 0.25) is 5.82 Å². The van der Waals surface area contributed by atoms with Gasteiger partial charge in [0.15, 0.2) is 5.76 Å². The first-order valence-electron chi connectivity index (χ1n) is 8.18. The van der Waals surface area contributed by atoms with Crippen LogP contribution in [0.25, 0.3) is 23.0 Å². The summed E-state index contributed by atoms with van der Waals surface area (Å²) < 4.78 is 12.9. The summed E-state index contributed by atoms with van der Waals surface area (Å²) in [6.45, 7) is 4.43. The van der Waals surface area contributed by atoms with Crippen LogP contribution in [0.2, 0.25) is 0 Å². The molecule has 4 aromatic rings. The third-order valence-electron chi connectivity index (χ3n) is 4.04. The van der Waals surface area contributed by atoms with Gasteiger partial charge in [-0.25, -0.2) is 0 Å². The van der Waals surface area contributed by atoms with Crippen molar-refractivity contribution >= 4 is 5.69 Å². The molecule has 0 spiro atoms. The molecule has 0 aliphatic heterocycles. The maximum atomic E-state index is 10.7. The molecule has 3 aromatic heterocycles. The third kappa shape index (κ3) is 3.34. The molecule has 0 N–H and O–H groups in total. The Kier molecular flexibility index (Phi) is 4.03. The zero-order chi connectivity index (χ0) is 19.0. The average Bonchev–Trinajstić information content (AvgIpc) is 3.36. The highest BCUT2D eigenvalue weighted by molar-refractivity contribution is 5.59. The average molecular weight is 365 g/mol. The van der Waals surface area contributed by atoms with Gasteiger partial charge in [0.25, 0.3) is 11.6 Å². The lowest BCUT2D eigenvalue weighted by molar-refractivity contribution is -0.384. The van der Waals surface area contributed by atoms with Gasteiger partial charge >= 0.3 is 0 Å². The van der Waals surface area contributed by atoms with Crippen LogP contribution in [0.3, 0.4) is 0 Å². The molecule has 27 heavy (non-hydrogen) atoms. The molecule has 4 rings (SSSR count). The number of hydrogen-bond acceptors (Lipinski definition) is 7. The van der Waals surface area contributed by atoms with E-state index in [1.807, 2.05) is 30.7 Å². The lowest BCUT2D eigenvalue weighted by Crippen LogP contribution is -2.02. The van der Waals surface area contributed by atoms with E-state index in [2.05, 4.69) is 15.2 Å². The zero-order valence-corrected chi connectivity index (χ0v) is 14.6. The first-order chi connectivity index (χ1) is 13.0. The van der Waals surface area contributed by atoms with Gasteiger partial charge in [-0.05, 0) is 44.2 Å². The van der Waals surface area contributed by atoms with Crippen molar-refractivity contribution in [1.82, 2.24) is 19.9 Å². The SMILES string of the molecule is Cc1cc(C)n(Cc2ccc(-c3nc(-c4ccc([N+](=O)[O-])cc4)no3)o2)n1. The molecule has 0 aliphatic carbocycles. The van der Waals surface area contributed by atoms with Crippen molar-refractivity contribution in [3.8, 4) is 23.0 Å². The monoisotopic (exact) mass is 365 g/mol. The predicted molar refractivity (Wildman–Crippen MR) is 94.9 cm³/mol. The van der Waals surface area contributed by atoms with E-state index in [0.29, 0.717) is 29.5 Å². The van der Waals surface area contributed by atoms with Crippen molar-refractivity contribution in [2.75, 3.05) is 0 Å². The number of rotatable bonds is 5. The Bertz CT molecular complexity index is 1110. The fourth-order valence-electron chi connectivity index (χ4n) is 2.73. The summed E-state index contributed by atoms with van der Waals surface area (Å²) in [6, 6.07) is 11.5. The second-order valence-electron chi connectivity index (χ2n) is 6.08. The Labute approximate surface area is 153 Å². The van der Waals surface area contributed by atoms with Gasteiger partial charge in [-0.15, -0.1) is 0 Å². The largest absolute Gasteiger partial charge is 0.454 e. The van der Waals surface area contributed by atoms with Crippen molar-refractivity contribution < 1.29 is 13.9 Å². The van der Waals surface area contributed by atoms with E-state index in [1.165, 1.54) is 12.1 Å². The maximum Gasteiger partial charge on any atom is 0.293 e. The fraction of sp³-hybridized carbons (Fsp3) is 0.167. The minimum Gasteiger partial charge on any atom is -0.454 e. The highest BCUT2D eigenvalue weighted by atomic mass is 16.6. The van der Waals surface area contributed by atoms with Crippen LogP contribution in [0.4, 0.5) is 5.69 Å². The maximum absolute atomic E-state index is 10.7. The van der Waals surface area contributed by atoms with Gasteiger partial charge in [-0.3, -0.25) is 14.8 Å². The lowest BCUT2D eigenvalue weighted by atomic mass is 10.2. The van der Waals surface area contributed by atoms with E-state index < -0.39 is 4.92 Å². The summed E-state index contributed by atoms with van der Waals surface area (Å²) in [5, 5.41) is 19.1. The molecule has 9 nitrogen and oxygen atoms in total. The molecule has 0 bridgehead atoms. The number of nitrogens with zero attached hydrogens (tertiary/aromatic N) is 5. The van der Waals surface area contributed by atoms with E-state index in [1.54, 1.807) is 18.2 Å². The fourth-order valence-corrected chi connectivity index (χ4v) is 2.73. The van der Waals surface area contributed by atoms with E-state index >= 15 is 0 Å². The van der Waals surface area contributed by atoms with E-state index in [9.17, 15) is 10.1 Å². The van der Waals surface area contributed by atoms with Gasteiger partial charge < -0.3 is 8.94 Å². The standard InChI is InChI=1S/C18H15N5O4/c1-11-9-12(2)22(20-11)10-15-7-8-16(26-15)18-19-17(21-27-18)13-3-5-14(6-4-13)23(24)25/h3-9H,10H2,1-2H3. The number of furan rings is 1. The van der Waals surface area contributed by atoms with Crippen LogP contribution in [-0.4, -0.2) is 24.8 Å². The number of non-ortho nitro benzene ring substituents is 1. The van der Waals surface area contributed by atoms with Gasteiger partial charge in [0.1, 0.15) is 5.76 Å². The van der Waals surface area contributed by atoms with Crippen LogP contribution in [0.1, 0.15) is 17.1 Å². The van der Waals surface area contributed by atoms with Crippen LogP contribution in [0, 0.1) is 24.0 Å². The molecule has 1 aromatic carbocycles. The number of aryl methyl sites for hydroxylation is 2. The topological polar surface area (TPSA) is 113 Å². The number of aromatic nitrogens is 4. The quantitative estimate of drug-likeness (QED) is 0.391. The van der Waals surface area contributed by atoms with Crippen LogP contribution in [-0.2, 0) is 6.54 Å². The Morgan fingerprint density at radius 2 is 1.93 bits per heavy atom. The Morgan fingerprint density at radius 1 is 1.15 bits per heavy atom. The van der Waals surface area contributed by atoms with Crippen molar-refractivity contribution in [2.45, 2.75) is 20.4 Å². The van der Waals surface area contributed by atoms with Crippen molar-refractivity contribution in [2.24, 2.45) is 0 Å². The molecule has 0 saturated carbocycles. The molecule has 0 fully saturated rings. The number of hydrogen-bond donors (Lipinski definition) is 0. The molecule has 0 unspecified atom stereocenters. The molecule has 136 valence electrons. The zero-order valence-electron chi connectivity index (χ0n) is 14.6. The van der Waals surface area contributed by atoms with Gasteiger partial charge in [0, 0.05) is 23.4 Å². The summed E-state index contributed by atoms with van der Waals surface area (Å²) in [5.41, 5.74) is 2.61. The summed E-state index contributed by atoms with van der Waals surface area (Å²) in [5.74, 6) is 1.73. The van der Waals surface area contributed by atoms with E-state index in [-0.39, 0.29) is 11.6 Å². The third-order valence-corrected chi connectivity index (χ3v) is 4.04. The second-order valence-corrected chi connectivity index (χ2v) is 6.08. The smallest absolute Gasteiger partial charge is 0.293 e. The minimum absolute atomic E-state index is 0.00213. The molecule has 0 aliphatic rings. The van der Waals surface area contributed by atoms with Crippen LogP contribution in [0.15, 0.2) is 51.4 Å². The molecule has 0 amide bonds. The number of nitro benzene ring substituents is 1.